The second-order valence-electron chi connectivity index (χ2n) is 5.54. The number of hydrogen-bond acceptors (Lipinski definition) is 5. The van der Waals surface area contributed by atoms with Crippen molar-refractivity contribution in [3.63, 3.8) is 0 Å². The van der Waals surface area contributed by atoms with Gasteiger partial charge in [-0.05, 0) is 11.1 Å². The molecule has 0 saturated carbocycles. The Balaban J connectivity index is 1.78. The molecule has 3 aromatic rings. The van der Waals surface area contributed by atoms with E-state index in [0.717, 1.165) is 11.1 Å². The molecule has 1 amide bonds. The van der Waals surface area contributed by atoms with E-state index >= 15 is 0 Å². The molecule has 3 rings (SSSR count). The number of ether oxygens (including phenoxy) is 2. The number of benzene rings is 2. The first-order chi connectivity index (χ1) is 12.8. The van der Waals surface area contributed by atoms with Crippen LogP contribution in [0.4, 0.5) is 0 Å². The van der Waals surface area contributed by atoms with Crippen LogP contribution in [0.5, 0.6) is 11.5 Å². The molecule has 0 unspecified atom stereocenters. The molecule has 0 aliphatic carbocycles. The van der Waals surface area contributed by atoms with Crippen molar-refractivity contribution >= 4 is 5.91 Å². The van der Waals surface area contributed by atoms with Gasteiger partial charge in [-0.3, -0.25) is 10.2 Å². The van der Waals surface area contributed by atoms with E-state index in [0.29, 0.717) is 24.7 Å². The molecule has 0 aliphatic rings. The third kappa shape index (κ3) is 4.58. The van der Waals surface area contributed by atoms with Gasteiger partial charge in [0.05, 0.1) is 6.20 Å². The standard InChI is InChI=1S/C20H19N3O3/c21-23-20(24)17-11-18(25-13-15-7-3-1-4-8-15)19(12-22-17)26-14-16-9-5-2-6-10-16/h1-12H,13-14,21H2,(H,23,24). The highest BCUT2D eigenvalue weighted by Crippen LogP contribution is 2.28. The van der Waals surface area contributed by atoms with Crippen molar-refractivity contribution in [2.75, 3.05) is 0 Å². The number of carbonyl (C=O) groups is 1. The van der Waals surface area contributed by atoms with Crippen LogP contribution >= 0.6 is 0 Å². The molecule has 0 radical (unpaired) electrons. The maximum absolute atomic E-state index is 11.7. The largest absolute Gasteiger partial charge is 0.485 e. The number of carbonyl (C=O) groups excluding carboxylic acids is 1. The zero-order valence-corrected chi connectivity index (χ0v) is 14.1. The van der Waals surface area contributed by atoms with Crippen LogP contribution in [0.2, 0.25) is 0 Å². The van der Waals surface area contributed by atoms with Crippen LogP contribution in [0.25, 0.3) is 0 Å². The van der Waals surface area contributed by atoms with Crippen LogP contribution in [-0.2, 0) is 13.2 Å². The van der Waals surface area contributed by atoms with Crippen LogP contribution in [-0.4, -0.2) is 10.9 Å². The number of rotatable bonds is 7. The van der Waals surface area contributed by atoms with Gasteiger partial charge in [0, 0.05) is 6.07 Å². The first kappa shape index (κ1) is 17.4. The van der Waals surface area contributed by atoms with Gasteiger partial charge < -0.3 is 9.47 Å². The van der Waals surface area contributed by atoms with E-state index in [1.807, 2.05) is 60.7 Å². The summed E-state index contributed by atoms with van der Waals surface area (Å²) in [6.07, 6.45) is 1.47. The molecule has 0 saturated heterocycles. The van der Waals surface area contributed by atoms with E-state index < -0.39 is 5.91 Å². The molecule has 26 heavy (non-hydrogen) atoms. The van der Waals surface area contributed by atoms with E-state index in [2.05, 4.69) is 10.4 Å². The van der Waals surface area contributed by atoms with E-state index in [-0.39, 0.29) is 5.69 Å². The summed E-state index contributed by atoms with van der Waals surface area (Å²) in [6, 6.07) is 21.0. The van der Waals surface area contributed by atoms with Crippen LogP contribution in [0.15, 0.2) is 72.9 Å². The second kappa shape index (κ2) is 8.64. The van der Waals surface area contributed by atoms with Gasteiger partial charge in [-0.25, -0.2) is 10.8 Å². The Hall–Kier alpha value is -3.38. The van der Waals surface area contributed by atoms with Crippen molar-refractivity contribution in [2.24, 2.45) is 5.84 Å². The van der Waals surface area contributed by atoms with Gasteiger partial charge in [0.25, 0.3) is 5.91 Å². The number of nitrogens with zero attached hydrogens (tertiary/aromatic N) is 1. The highest BCUT2D eigenvalue weighted by molar-refractivity contribution is 5.92. The minimum atomic E-state index is -0.496. The van der Waals surface area contributed by atoms with Gasteiger partial charge >= 0.3 is 0 Å². The first-order valence-corrected chi connectivity index (χ1v) is 8.10. The lowest BCUT2D eigenvalue weighted by atomic mass is 10.2. The lowest BCUT2D eigenvalue weighted by Gasteiger charge is -2.13. The summed E-state index contributed by atoms with van der Waals surface area (Å²) in [6.45, 7) is 0.711. The molecule has 1 heterocycles. The van der Waals surface area contributed by atoms with E-state index in [4.69, 9.17) is 15.3 Å². The Morgan fingerprint density at radius 1 is 0.885 bits per heavy atom. The Kier molecular flexibility index (Phi) is 5.80. The monoisotopic (exact) mass is 349 g/mol. The number of aromatic nitrogens is 1. The van der Waals surface area contributed by atoms with Crippen molar-refractivity contribution in [1.29, 1.82) is 0 Å². The van der Waals surface area contributed by atoms with Crippen LogP contribution < -0.4 is 20.7 Å². The summed E-state index contributed by atoms with van der Waals surface area (Å²) in [5, 5.41) is 0. The first-order valence-electron chi connectivity index (χ1n) is 8.10. The number of amides is 1. The Labute approximate surface area is 151 Å². The minimum absolute atomic E-state index is 0.155. The van der Waals surface area contributed by atoms with Crippen LogP contribution in [0, 0.1) is 0 Å². The molecule has 0 fully saturated rings. The Morgan fingerprint density at radius 3 is 1.96 bits per heavy atom. The summed E-state index contributed by atoms with van der Waals surface area (Å²) in [7, 11) is 0. The van der Waals surface area contributed by atoms with Gasteiger partial charge in [0.2, 0.25) is 0 Å². The molecule has 0 spiro atoms. The van der Waals surface area contributed by atoms with Gasteiger partial charge in [0.15, 0.2) is 11.5 Å². The quantitative estimate of drug-likeness (QED) is 0.389. The van der Waals surface area contributed by atoms with Crippen molar-refractivity contribution in [3.8, 4) is 11.5 Å². The lowest BCUT2D eigenvalue weighted by molar-refractivity contribution is 0.0948. The fraction of sp³-hybridized carbons (Fsp3) is 0.100. The Bertz CT molecular complexity index is 855. The fourth-order valence-corrected chi connectivity index (χ4v) is 2.31. The molecular formula is C20H19N3O3. The topological polar surface area (TPSA) is 86.5 Å². The molecule has 0 atom stereocenters. The molecule has 6 heteroatoms. The maximum Gasteiger partial charge on any atom is 0.283 e. The van der Waals surface area contributed by atoms with E-state index in [1.165, 1.54) is 12.3 Å². The highest BCUT2D eigenvalue weighted by Gasteiger charge is 2.13. The Morgan fingerprint density at radius 2 is 1.42 bits per heavy atom. The van der Waals surface area contributed by atoms with Gasteiger partial charge in [-0.1, -0.05) is 60.7 Å². The average molecular weight is 349 g/mol. The summed E-state index contributed by atoms with van der Waals surface area (Å²) >= 11 is 0. The fourth-order valence-electron chi connectivity index (χ4n) is 2.31. The molecule has 1 aromatic heterocycles. The molecule has 6 nitrogen and oxygen atoms in total. The maximum atomic E-state index is 11.7. The molecule has 2 aromatic carbocycles. The summed E-state index contributed by atoms with van der Waals surface area (Å²) in [5.74, 6) is 5.57. The lowest BCUT2D eigenvalue weighted by Crippen LogP contribution is -2.30. The number of hydrogen-bond donors (Lipinski definition) is 2. The molecular weight excluding hydrogens is 330 g/mol. The number of nitrogen functional groups attached to an aromatic ring is 1. The highest BCUT2D eigenvalue weighted by atomic mass is 16.5. The smallest absolute Gasteiger partial charge is 0.283 e. The van der Waals surface area contributed by atoms with Gasteiger partial charge in [0.1, 0.15) is 18.9 Å². The van der Waals surface area contributed by atoms with Crippen molar-refractivity contribution in [3.05, 3.63) is 89.7 Å². The van der Waals surface area contributed by atoms with E-state index in [1.54, 1.807) is 0 Å². The van der Waals surface area contributed by atoms with Crippen molar-refractivity contribution < 1.29 is 14.3 Å². The van der Waals surface area contributed by atoms with Crippen molar-refractivity contribution in [2.45, 2.75) is 13.2 Å². The second-order valence-corrected chi connectivity index (χ2v) is 5.54. The summed E-state index contributed by atoms with van der Waals surface area (Å²) in [4.78, 5) is 15.8. The number of pyridine rings is 1. The molecule has 132 valence electrons. The average Bonchev–Trinajstić information content (AvgIpc) is 2.72. The SMILES string of the molecule is NNC(=O)c1cc(OCc2ccccc2)c(OCc2ccccc2)cn1. The summed E-state index contributed by atoms with van der Waals surface area (Å²) in [5.41, 5.74) is 4.24. The van der Waals surface area contributed by atoms with Gasteiger partial charge in [-0.15, -0.1) is 0 Å². The van der Waals surface area contributed by atoms with Crippen molar-refractivity contribution in [1.82, 2.24) is 10.4 Å². The van der Waals surface area contributed by atoms with E-state index in [9.17, 15) is 4.79 Å². The predicted molar refractivity (Wildman–Crippen MR) is 97.4 cm³/mol. The predicted octanol–water partition coefficient (Wildman–Crippen LogP) is 2.84. The third-order valence-corrected chi connectivity index (χ3v) is 3.67. The number of nitrogens with two attached hydrogens (primary N) is 1. The zero-order chi connectivity index (χ0) is 18.2. The molecule has 0 bridgehead atoms. The summed E-state index contributed by atoms with van der Waals surface area (Å²) < 4.78 is 11.7. The zero-order valence-electron chi connectivity index (χ0n) is 14.1. The van der Waals surface area contributed by atoms with Crippen LogP contribution in [0.3, 0.4) is 0 Å². The number of hydrazine groups is 1. The number of nitrogens with one attached hydrogen (secondary N) is 1. The van der Waals surface area contributed by atoms with Crippen LogP contribution in [0.1, 0.15) is 21.6 Å². The molecule has 0 aliphatic heterocycles. The van der Waals surface area contributed by atoms with Gasteiger partial charge in [-0.2, -0.15) is 0 Å². The minimum Gasteiger partial charge on any atom is -0.485 e. The normalized spacial score (nSPS) is 10.2. The molecule has 3 N–H and O–H groups in total. The third-order valence-electron chi connectivity index (χ3n) is 3.67.